The normalized spacial score (nSPS) is 24.4. The van der Waals surface area contributed by atoms with Crippen molar-refractivity contribution in [2.24, 2.45) is 0 Å². The molecular formula is C13H17N. The second-order valence-corrected chi connectivity index (χ2v) is 4.92. The monoisotopic (exact) mass is 187 g/mol. The summed E-state index contributed by atoms with van der Waals surface area (Å²) < 4.78 is 0. The third-order valence-corrected chi connectivity index (χ3v) is 4.06. The molecule has 3 rings (SSSR count). The number of benzene rings is 1. The minimum absolute atomic E-state index is 0.573. The van der Waals surface area contributed by atoms with E-state index in [0.717, 1.165) is 0 Å². The van der Waals surface area contributed by atoms with Gasteiger partial charge in [-0.25, -0.2) is 0 Å². The van der Waals surface area contributed by atoms with E-state index in [0.29, 0.717) is 5.41 Å². The highest BCUT2D eigenvalue weighted by Gasteiger charge is 2.43. The molecule has 74 valence electrons. The van der Waals surface area contributed by atoms with E-state index in [-0.39, 0.29) is 0 Å². The Morgan fingerprint density at radius 3 is 2.57 bits per heavy atom. The van der Waals surface area contributed by atoms with Crippen LogP contribution in [0.15, 0.2) is 24.3 Å². The lowest BCUT2D eigenvalue weighted by molar-refractivity contribution is 0.168. The number of hydrogen-bond acceptors (Lipinski definition) is 1. The van der Waals surface area contributed by atoms with Crippen molar-refractivity contribution in [1.82, 2.24) is 4.90 Å². The van der Waals surface area contributed by atoms with Gasteiger partial charge in [0, 0.05) is 5.41 Å². The first kappa shape index (κ1) is 8.49. The molecule has 0 unspecified atom stereocenters. The second-order valence-electron chi connectivity index (χ2n) is 4.92. The smallest absolute Gasteiger partial charge is 0.00204 e. The van der Waals surface area contributed by atoms with Crippen LogP contribution in [-0.4, -0.2) is 25.0 Å². The second kappa shape index (κ2) is 2.83. The Kier molecular flexibility index (Phi) is 1.72. The summed E-state index contributed by atoms with van der Waals surface area (Å²) in [6.45, 7) is 2.54. The van der Waals surface area contributed by atoms with Crippen LogP contribution in [0.5, 0.6) is 0 Å². The third-order valence-electron chi connectivity index (χ3n) is 4.06. The summed E-state index contributed by atoms with van der Waals surface area (Å²) in [6, 6.07) is 8.99. The fraction of sp³-hybridized carbons (Fsp3) is 0.538. The van der Waals surface area contributed by atoms with Gasteiger partial charge in [-0.3, -0.25) is 0 Å². The minimum atomic E-state index is 0.573. The largest absolute Gasteiger partial charge is 0.306 e. The molecular weight excluding hydrogens is 170 g/mol. The van der Waals surface area contributed by atoms with E-state index in [1.807, 2.05) is 0 Å². The van der Waals surface area contributed by atoms with E-state index in [9.17, 15) is 0 Å². The summed E-state index contributed by atoms with van der Waals surface area (Å²) in [5.74, 6) is 0. The first-order chi connectivity index (χ1) is 6.80. The summed E-state index contributed by atoms with van der Waals surface area (Å²) >= 11 is 0. The Labute approximate surface area is 85.7 Å². The van der Waals surface area contributed by atoms with Gasteiger partial charge in [0.1, 0.15) is 0 Å². The molecule has 0 amide bonds. The Bertz CT molecular complexity index is 348. The molecule has 0 radical (unpaired) electrons. The van der Waals surface area contributed by atoms with Crippen LogP contribution in [0, 0.1) is 0 Å². The zero-order chi connectivity index (χ0) is 9.60. The number of nitrogens with zero attached hydrogens (tertiary/aromatic N) is 1. The first-order valence-electron chi connectivity index (χ1n) is 5.57. The van der Waals surface area contributed by atoms with Crippen molar-refractivity contribution in [2.45, 2.75) is 24.7 Å². The molecule has 1 heterocycles. The number of piperidine rings is 1. The summed E-state index contributed by atoms with van der Waals surface area (Å²) in [6.07, 6.45) is 4.05. The van der Waals surface area contributed by atoms with Crippen LogP contribution in [-0.2, 0) is 11.8 Å². The van der Waals surface area contributed by atoms with Crippen LogP contribution < -0.4 is 0 Å². The molecule has 1 aliphatic heterocycles. The highest BCUT2D eigenvalue weighted by Crippen LogP contribution is 2.47. The van der Waals surface area contributed by atoms with Crippen molar-refractivity contribution >= 4 is 0 Å². The van der Waals surface area contributed by atoms with Crippen molar-refractivity contribution in [1.29, 1.82) is 0 Å². The predicted molar refractivity (Wildman–Crippen MR) is 58.6 cm³/mol. The molecule has 1 fully saturated rings. The molecule has 0 aromatic heterocycles. The summed E-state index contributed by atoms with van der Waals surface area (Å²) in [5, 5.41) is 0. The summed E-state index contributed by atoms with van der Waals surface area (Å²) in [5.41, 5.74) is 3.81. The number of likely N-dealkylation sites (tertiary alicyclic amines) is 1. The molecule has 0 atom stereocenters. The van der Waals surface area contributed by atoms with Crippen LogP contribution >= 0.6 is 0 Å². The zero-order valence-electron chi connectivity index (χ0n) is 8.79. The van der Waals surface area contributed by atoms with Gasteiger partial charge in [-0.1, -0.05) is 24.3 Å². The number of rotatable bonds is 0. The molecule has 0 N–H and O–H groups in total. The van der Waals surface area contributed by atoms with Gasteiger partial charge < -0.3 is 4.90 Å². The van der Waals surface area contributed by atoms with Gasteiger partial charge in [0.05, 0.1) is 0 Å². The lowest BCUT2D eigenvalue weighted by Gasteiger charge is -2.49. The molecule has 2 aliphatic rings. The molecule has 1 aliphatic carbocycles. The van der Waals surface area contributed by atoms with Gasteiger partial charge in [-0.15, -0.1) is 0 Å². The van der Waals surface area contributed by atoms with Crippen molar-refractivity contribution < 1.29 is 0 Å². The Balaban J connectivity index is 1.89. The van der Waals surface area contributed by atoms with E-state index in [1.165, 1.54) is 32.4 Å². The van der Waals surface area contributed by atoms with Gasteiger partial charge in [0.2, 0.25) is 0 Å². The average molecular weight is 187 g/mol. The van der Waals surface area contributed by atoms with E-state index in [4.69, 9.17) is 0 Å². The average Bonchev–Trinajstić information content (AvgIpc) is 2.19. The van der Waals surface area contributed by atoms with Gasteiger partial charge in [-0.05, 0) is 50.5 Å². The van der Waals surface area contributed by atoms with E-state index in [1.54, 1.807) is 11.1 Å². The van der Waals surface area contributed by atoms with Crippen LogP contribution in [0.3, 0.4) is 0 Å². The van der Waals surface area contributed by atoms with Gasteiger partial charge in [-0.2, -0.15) is 0 Å². The minimum Gasteiger partial charge on any atom is -0.306 e. The Morgan fingerprint density at radius 1 is 1.14 bits per heavy atom. The Hall–Kier alpha value is -0.820. The molecule has 1 heteroatoms. The highest BCUT2D eigenvalue weighted by atomic mass is 15.1. The van der Waals surface area contributed by atoms with E-state index < -0.39 is 0 Å². The summed E-state index contributed by atoms with van der Waals surface area (Å²) in [4.78, 5) is 2.45. The maximum atomic E-state index is 2.45. The maximum Gasteiger partial charge on any atom is 0.00204 e. The van der Waals surface area contributed by atoms with Gasteiger partial charge >= 0.3 is 0 Å². The lowest BCUT2D eigenvalue weighted by Crippen LogP contribution is -2.47. The SMILES string of the molecule is CN1CCC2(CC1)Cc1ccccc12. The fourth-order valence-corrected chi connectivity index (χ4v) is 3.04. The number of fused-ring (bicyclic) bond motifs is 2. The van der Waals surface area contributed by atoms with E-state index >= 15 is 0 Å². The molecule has 1 aromatic carbocycles. The quantitative estimate of drug-likeness (QED) is 0.602. The highest BCUT2D eigenvalue weighted by molar-refractivity contribution is 5.45. The van der Waals surface area contributed by atoms with Crippen molar-refractivity contribution in [3.05, 3.63) is 35.4 Å². The topological polar surface area (TPSA) is 3.24 Å². The van der Waals surface area contributed by atoms with Crippen LogP contribution in [0.25, 0.3) is 0 Å². The van der Waals surface area contributed by atoms with Gasteiger partial charge in [0.25, 0.3) is 0 Å². The zero-order valence-corrected chi connectivity index (χ0v) is 8.79. The van der Waals surface area contributed by atoms with Crippen LogP contribution in [0.2, 0.25) is 0 Å². The molecule has 1 saturated heterocycles. The van der Waals surface area contributed by atoms with Crippen molar-refractivity contribution in [3.63, 3.8) is 0 Å². The molecule has 0 bridgehead atoms. The molecule has 1 aromatic rings. The van der Waals surface area contributed by atoms with Crippen LogP contribution in [0.1, 0.15) is 24.0 Å². The maximum absolute atomic E-state index is 2.45. The fourth-order valence-electron chi connectivity index (χ4n) is 3.04. The van der Waals surface area contributed by atoms with Crippen molar-refractivity contribution in [2.75, 3.05) is 20.1 Å². The molecule has 14 heavy (non-hydrogen) atoms. The lowest BCUT2D eigenvalue weighted by atomic mass is 9.59. The van der Waals surface area contributed by atoms with Crippen molar-refractivity contribution in [3.8, 4) is 0 Å². The third kappa shape index (κ3) is 1.05. The molecule has 1 nitrogen and oxygen atoms in total. The Morgan fingerprint density at radius 2 is 1.86 bits per heavy atom. The van der Waals surface area contributed by atoms with Crippen LogP contribution in [0.4, 0.5) is 0 Å². The van der Waals surface area contributed by atoms with Gasteiger partial charge in [0.15, 0.2) is 0 Å². The number of hydrogen-bond donors (Lipinski definition) is 0. The van der Waals surface area contributed by atoms with E-state index in [2.05, 4.69) is 36.2 Å². The summed E-state index contributed by atoms with van der Waals surface area (Å²) in [7, 11) is 2.23. The molecule has 1 spiro atoms. The standard InChI is InChI=1S/C13H17N/c1-14-8-6-13(7-9-14)10-11-4-2-3-5-12(11)13/h2-5H,6-10H2,1H3. The molecule has 0 saturated carbocycles. The predicted octanol–water partition coefficient (Wildman–Crippen LogP) is 2.21. The first-order valence-corrected chi connectivity index (χ1v) is 5.57.